The van der Waals surface area contributed by atoms with Crippen LogP contribution in [0.5, 0.6) is 0 Å². The third-order valence-electron chi connectivity index (χ3n) is 3.41. The second-order valence-electron chi connectivity index (χ2n) is 4.65. The third kappa shape index (κ3) is 3.06. The van der Waals surface area contributed by atoms with Crippen molar-refractivity contribution in [3.05, 3.63) is 11.3 Å². The van der Waals surface area contributed by atoms with Gasteiger partial charge in [-0.05, 0) is 44.6 Å². The van der Waals surface area contributed by atoms with Crippen molar-refractivity contribution in [1.82, 2.24) is 4.37 Å². The molecule has 0 saturated heterocycles. The van der Waals surface area contributed by atoms with Crippen LogP contribution < -0.4 is 5.32 Å². The second-order valence-corrected chi connectivity index (χ2v) is 5.42. The van der Waals surface area contributed by atoms with Gasteiger partial charge in [-0.15, -0.1) is 0 Å². The van der Waals surface area contributed by atoms with Crippen LogP contribution in [0.15, 0.2) is 0 Å². The van der Waals surface area contributed by atoms with Gasteiger partial charge in [-0.1, -0.05) is 0 Å². The van der Waals surface area contributed by atoms with Crippen LogP contribution in [0.2, 0.25) is 0 Å². The number of esters is 1. The van der Waals surface area contributed by atoms with Crippen molar-refractivity contribution in [2.75, 3.05) is 19.0 Å². The molecule has 0 aromatic carbocycles. The van der Waals surface area contributed by atoms with Crippen LogP contribution >= 0.6 is 11.5 Å². The molecule has 106 valence electrons. The van der Waals surface area contributed by atoms with Crippen LogP contribution in [0.1, 0.15) is 42.2 Å². The molecule has 1 aromatic heterocycles. The van der Waals surface area contributed by atoms with E-state index in [0.29, 0.717) is 12.2 Å². The molecule has 1 aliphatic carbocycles. The predicted octanol–water partition coefficient (Wildman–Crippen LogP) is 2.61. The standard InChI is InChI=1S/C13H20N2O3S/c1-4-18-13(16)11-8(2)15-19-12(11)14-9-6-5-7-10(9)17-3/h9-10,14H,4-7H2,1-3H3. The fraction of sp³-hybridized carbons (Fsp3) is 0.692. The van der Waals surface area contributed by atoms with E-state index >= 15 is 0 Å². The van der Waals surface area contributed by atoms with Crippen molar-refractivity contribution in [1.29, 1.82) is 0 Å². The molecule has 1 saturated carbocycles. The van der Waals surface area contributed by atoms with E-state index in [4.69, 9.17) is 9.47 Å². The van der Waals surface area contributed by atoms with Crippen LogP contribution in [-0.4, -0.2) is 36.2 Å². The third-order valence-corrected chi connectivity index (χ3v) is 4.28. The van der Waals surface area contributed by atoms with E-state index in [1.807, 2.05) is 6.92 Å². The van der Waals surface area contributed by atoms with Gasteiger partial charge in [-0.2, -0.15) is 4.37 Å². The number of aromatic nitrogens is 1. The minimum Gasteiger partial charge on any atom is -0.462 e. The number of nitrogens with zero attached hydrogens (tertiary/aromatic N) is 1. The number of ether oxygens (including phenoxy) is 2. The van der Waals surface area contributed by atoms with Gasteiger partial charge in [-0.25, -0.2) is 4.79 Å². The zero-order chi connectivity index (χ0) is 13.8. The first-order chi connectivity index (χ1) is 9.17. The number of aryl methyl sites for hydroxylation is 1. The van der Waals surface area contributed by atoms with E-state index in [9.17, 15) is 4.79 Å². The van der Waals surface area contributed by atoms with Gasteiger partial charge in [0.15, 0.2) is 0 Å². The molecule has 5 nitrogen and oxygen atoms in total. The van der Waals surface area contributed by atoms with Gasteiger partial charge in [0.1, 0.15) is 10.6 Å². The lowest BCUT2D eigenvalue weighted by Gasteiger charge is -2.20. The monoisotopic (exact) mass is 284 g/mol. The fourth-order valence-corrected chi connectivity index (χ4v) is 3.30. The maximum Gasteiger partial charge on any atom is 0.343 e. The van der Waals surface area contributed by atoms with Crippen molar-refractivity contribution in [3.8, 4) is 0 Å². The fourth-order valence-electron chi connectivity index (χ4n) is 2.45. The summed E-state index contributed by atoms with van der Waals surface area (Å²) in [5.74, 6) is -0.303. The van der Waals surface area contributed by atoms with Crippen molar-refractivity contribution < 1.29 is 14.3 Å². The molecular weight excluding hydrogens is 264 g/mol. The van der Waals surface area contributed by atoms with Crippen LogP contribution in [0.4, 0.5) is 5.00 Å². The molecule has 1 aromatic rings. The highest BCUT2D eigenvalue weighted by Gasteiger charge is 2.29. The zero-order valence-electron chi connectivity index (χ0n) is 11.6. The molecule has 0 radical (unpaired) electrons. The van der Waals surface area contributed by atoms with E-state index in [0.717, 1.165) is 30.0 Å². The average Bonchev–Trinajstić information content (AvgIpc) is 2.97. The topological polar surface area (TPSA) is 60.5 Å². The molecule has 1 heterocycles. The minimum absolute atomic E-state index is 0.206. The van der Waals surface area contributed by atoms with Crippen LogP contribution in [0.3, 0.4) is 0 Å². The number of methoxy groups -OCH3 is 1. The molecule has 2 atom stereocenters. The first-order valence-corrected chi connectivity index (χ1v) is 7.37. The van der Waals surface area contributed by atoms with Crippen molar-refractivity contribution in [2.24, 2.45) is 0 Å². The number of carbonyl (C=O) groups excluding carboxylic acids is 1. The van der Waals surface area contributed by atoms with Gasteiger partial charge >= 0.3 is 5.97 Å². The van der Waals surface area contributed by atoms with Gasteiger partial charge in [0.25, 0.3) is 0 Å². The summed E-state index contributed by atoms with van der Waals surface area (Å²) in [6.45, 7) is 4.01. The maximum absolute atomic E-state index is 11.9. The highest BCUT2D eigenvalue weighted by Crippen LogP contribution is 2.30. The van der Waals surface area contributed by atoms with E-state index in [-0.39, 0.29) is 18.1 Å². The molecule has 1 aliphatic rings. The highest BCUT2D eigenvalue weighted by atomic mass is 32.1. The van der Waals surface area contributed by atoms with E-state index in [1.54, 1.807) is 14.0 Å². The first kappa shape index (κ1) is 14.3. The Morgan fingerprint density at radius 3 is 3.00 bits per heavy atom. The summed E-state index contributed by atoms with van der Waals surface area (Å²) in [7, 11) is 1.73. The number of hydrogen-bond acceptors (Lipinski definition) is 6. The van der Waals surface area contributed by atoms with Crippen LogP contribution in [0, 0.1) is 6.92 Å². The zero-order valence-corrected chi connectivity index (χ0v) is 12.4. The smallest absolute Gasteiger partial charge is 0.343 e. The van der Waals surface area contributed by atoms with Gasteiger partial charge in [0, 0.05) is 7.11 Å². The van der Waals surface area contributed by atoms with Crippen molar-refractivity contribution in [3.63, 3.8) is 0 Å². The van der Waals surface area contributed by atoms with Crippen molar-refractivity contribution >= 4 is 22.5 Å². The Labute approximate surface area is 117 Å². The van der Waals surface area contributed by atoms with Crippen molar-refractivity contribution in [2.45, 2.75) is 45.3 Å². The number of nitrogens with one attached hydrogen (secondary N) is 1. The Morgan fingerprint density at radius 1 is 1.53 bits per heavy atom. The Bertz CT molecular complexity index is 447. The Balaban J connectivity index is 2.14. The quantitative estimate of drug-likeness (QED) is 0.842. The molecule has 0 bridgehead atoms. The van der Waals surface area contributed by atoms with Crippen LogP contribution in [-0.2, 0) is 9.47 Å². The first-order valence-electron chi connectivity index (χ1n) is 6.60. The largest absolute Gasteiger partial charge is 0.462 e. The van der Waals surface area contributed by atoms with E-state index < -0.39 is 0 Å². The van der Waals surface area contributed by atoms with Gasteiger partial charge < -0.3 is 14.8 Å². The molecular formula is C13H20N2O3S. The lowest BCUT2D eigenvalue weighted by atomic mass is 10.2. The Kier molecular flexibility index (Phi) is 4.76. The summed E-state index contributed by atoms with van der Waals surface area (Å²) >= 11 is 1.31. The molecule has 0 amide bonds. The summed E-state index contributed by atoms with van der Waals surface area (Å²) in [5.41, 5.74) is 1.28. The summed E-state index contributed by atoms with van der Waals surface area (Å²) in [6.07, 6.45) is 3.46. The predicted molar refractivity (Wildman–Crippen MR) is 74.9 cm³/mol. The molecule has 1 N–H and O–H groups in total. The van der Waals surface area contributed by atoms with Gasteiger partial charge in [0.2, 0.25) is 0 Å². The molecule has 0 aliphatic heterocycles. The number of anilines is 1. The summed E-state index contributed by atoms with van der Waals surface area (Å²) < 4.78 is 14.8. The SMILES string of the molecule is CCOC(=O)c1c(C)nsc1NC1CCCC1OC. The molecule has 1 fully saturated rings. The lowest BCUT2D eigenvalue weighted by Crippen LogP contribution is -2.30. The van der Waals surface area contributed by atoms with Gasteiger partial charge in [0.05, 0.1) is 24.4 Å². The van der Waals surface area contributed by atoms with E-state index in [1.165, 1.54) is 11.5 Å². The average molecular weight is 284 g/mol. The Hall–Kier alpha value is -1.14. The Morgan fingerprint density at radius 2 is 2.32 bits per heavy atom. The second kappa shape index (κ2) is 6.34. The minimum atomic E-state index is -0.303. The highest BCUT2D eigenvalue weighted by molar-refractivity contribution is 7.10. The number of hydrogen-bond donors (Lipinski definition) is 1. The van der Waals surface area contributed by atoms with Gasteiger partial charge in [-0.3, -0.25) is 0 Å². The van der Waals surface area contributed by atoms with Crippen LogP contribution in [0.25, 0.3) is 0 Å². The molecule has 6 heteroatoms. The molecule has 2 unspecified atom stereocenters. The van der Waals surface area contributed by atoms with E-state index in [2.05, 4.69) is 9.69 Å². The number of carbonyl (C=O) groups is 1. The normalized spacial score (nSPS) is 22.5. The summed E-state index contributed by atoms with van der Waals surface area (Å²) in [6, 6.07) is 0.248. The molecule has 0 spiro atoms. The lowest BCUT2D eigenvalue weighted by molar-refractivity contribution is 0.0526. The molecule has 19 heavy (non-hydrogen) atoms. The molecule has 2 rings (SSSR count). The maximum atomic E-state index is 11.9. The summed E-state index contributed by atoms with van der Waals surface area (Å²) in [5, 5.41) is 4.20. The number of rotatable bonds is 5. The summed E-state index contributed by atoms with van der Waals surface area (Å²) in [4.78, 5) is 11.9.